The number of morpholine rings is 1. The molecule has 0 unspecified atom stereocenters. The maximum atomic E-state index is 12.6. The van der Waals surface area contributed by atoms with Crippen LogP contribution >= 0.6 is 0 Å². The minimum atomic E-state index is -0.401. The van der Waals surface area contributed by atoms with Crippen LogP contribution in [0.3, 0.4) is 0 Å². The number of aryl methyl sites for hydroxylation is 2. The third-order valence-corrected chi connectivity index (χ3v) is 3.88. The van der Waals surface area contributed by atoms with Gasteiger partial charge in [0, 0.05) is 25.4 Å². The lowest BCUT2D eigenvalue weighted by Gasteiger charge is -2.32. The standard InChI is InChI=1S/C16H21N5O3/c1-3-5-21-6-4-12(19-21)16(23)20-7-8-24-14(10-20)13-9-15(22)18-11(2)17-13/h4,6,9,14H,3,5,7-8,10H2,1-2H3,(H,17,18,22)/t14-/m1/s1. The molecule has 0 radical (unpaired) electrons. The maximum Gasteiger partial charge on any atom is 0.274 e. The summed E-state index contributed by atoms with van der Waals surface area (Å²) >= 11 is 0. The maximum absolute atomic E-state index is 12.6. The van der Waals surface area contributed by atoms with Crippen molar-refractivity contribution in [3.63, 3.8) is 0 Å². The van der Waals surface area contributed by atoms with Gasteiger partial charge < -0.3 is 14.6 Å². The predicted octanol–water partition coefficient (Wildman–Crippen LogP) is 0.899. The third kappa shape index (κ3) is 3.53. The van der Waals surface area contributed by atoms with Crippen LogP contribution in [0.1, 0.15) is 41.5 Å². The van der Waals surface area contributed by atoms with Crippen molar-refractivity contribution >= 4 is 5.91 Å². The number of hydrogen-bond acceptors (Lipinski definition) is 5. The van der Waals surface area contributed by atoms with Crippen LogP contribution in [0.2, 0.25) is 0 Å². The molecule has 1 aliphatic heterocycles. The summed E-state index contributed by atoms with van der Waals surface area (Å²) in [5, 5.41) is 4.32. The minimum absolute atomic E-state index is 0.125. The number of ether oxygens (including phenoxy) is 1. The number of aromatic amines is 1. The molecule has 0 bridgehead atoms. The summed E-state index contributed by atoms with van der Waals surface area (Å²) in [6.07, 6.45) is 2.38. The number of rotatable bonds is 4. The lowest BCUT2D eigenvalue weighted by atomic mass is 10.2. The molecular weight excluding hydrogens is 310 g/mol. The molecular formula is C16H21N5O3. The summed E-state index contributed by atoms with van der Waals surface area (Å²) in [7, 11) is 0. The van der Waals surface area contributed by atoms with Gasteiger partial charge in [-0.15, -0.1) is 0 Å². The molecule has 0 aliphatic carbocycles. The van der Waals surface area contributed by atoms with Gasteiger partial charge in [0.15, 0.2) is 0 Å². The van der Waals surface area contributed by atoms with Gasteiger partial charge in [0.25, 0.3) is 11.5 Å². The Bertz CT molecular complexity index is 782. The van der Waals surface area contributed by atoms with Gasteiger partial charge in [-0.1, -0.05) is 6.92 Å². The second-order valence-corrected chi connectivity index (χ2v) is 5.83. The minimum Gasteiger partial charge on any atom is -0.368 e. The number of nitrogens with zero attached hydrogens (tertiary/aromatic N) is 4. The molecule has 128 valence electrons. The van der Waals surface area contributed by atoms with Crippen LogP contribution in [-0.2, 0) is 11.3 Å². The van der Waals surface area contributed by atoms with Gasteiger partial charge in [-0.3, -0.25) is 14.3 Å². The monoisotopic (exact) mass is 331 g/mol. The van der Waals surface area contributed by atoms with Crippen LogP contribution in [0.25, 0.3) is 0 Å². The van der Waals surface area contributed by atoms with E-state index in [-0.39, 0.29) is 11.5 Å². The Morgan fingerprint density at radius 1 is 1.50 bits per heavy atom. The van der Waals surface area contributed by atoms with Crippen LogP contribution in [0.5, 0.6) is 0 Å². The molecule has 2 aromatic heterocycles. The van der Waals surface area contributed by atoms with E-state index in [1.165, 1.54) is 6.07 Å². The largest absolute Gasteiger partial charge is 0.368 e. The highest BCUT2D eigenvalue weighted by atomic mass is 16.5. The molecule has 24 heavy (non-hydrogen) atoms. The average Bonchev–Trinajstić information content (AvgIpc) is 3.02. The first-order valence-electron chi connectivity index (χ1n) is 8.09. The molecule has 2 aromatic rings. The van der Waals surface area contributed by atoms with E-state index in [4.69, 9.17) is 4.74 Å². The third-order valence-electron chi connectivity index (χ3n) is 3.88. The van der Waals surface area contributed by atoms with Crippen LogP contribution in [0.4, 0.5) is 0 Å². The first-order chi connectivity index (χ1) is 11.6. The van der Waals surface area contributed by atoms with E-state index >= 15 is 0 Å². The zero-order chi connectivity index (χ0) is 17.1. The quantitative estimate of drug-likeness (QED) is 0.898. The highest BCUT2D eigenvalue weighted by Gasteiger charge is 2.28. The molecule has 8 nitrogen and oxygen atoms in total. The van der Waals surface area contributed by atoms with E-state index in [0.29, 0.717) is 36.9 Å². The van der Waals surface area contributed by atoms with Gasteiger partial charge in [-0.25, -0.2) is 4.98 Å². The fraction of sp³-hybridized carbons (Fsp3) is 0.500. The number of carbonyl (C=O) groups excluding carboxylic acids is 1. The summed E-state index contributed by atoms with van der Waals surface area (Å²) in [5.74, 6) is 0.405. The van der Waals surface area contributed by atoms with Crippen LogP contribution in [0, 0.1) is 6.92 Å². The second-order valence-electron chi connectivity index (χ2n) is 5.83. The fourth-order valence-electron chi connectivity index (χ4n) is 2.77. The highest BCUT2D eigenvalue weighted by molar-refractivity contribution is 5.92. The lowest BCUT2D eigenvalue weighted by molar-refractivity contribution is -0.0251. The predicted molar refractivity (Wildman–Crippen MR) is 86.7 cm³/mol. The van der Waals surface area contributed by atoms with Crippen molar-refractivity contribution in [1.82, 2.24) is 24.6 Å². The molecule has 3 heterocycles. The number of aromatic nitrogens is 4. The Morgan fingerprint density at radius 3 is 3.08 bits per heavy atom. The van der Waals surface area contributed by atoms with Crippen LogP contribution in [-0.4, -0.2) is 50.3 Å². The van der Waals surface area contributed by atoms with Crippen molar-refractivity contribution in [1.29, 1.82) is 0 Å². The number of H-pyrrole nitrogens is 1. The van der Waals surface area contributed by atoms with Crippen molar-refractivity contribution < 1.29 is 9.53 Å². The number of amides is 1. The van der Waals surface area contributed by atoms with Gasteiger partial charge in [0.05, 0.1) is 18.8 Å². The smallest absolute Gasteiger partial charge is 0.274 e. The zero-order valence-corrected chi connectivity index (χ0v) is 13.9. The molecule has 8 heteroatoms. The molecule has 0 spiro atoms. The summed E-state index contributed by atoms with van der Waals surface area (Å²) in [4.78, 5) is 32.9. The van der Waals surface area contributed by atoms with E-state index in [0.717, 1.165) is 13.0 Å². The van der Waals surface area contributed by atoms with Crippen LogP contribution < -0.4 is 5.56 Å². The summed E-state index contributed by atoms with van der Waals surface area (Å²) in [6, 6.07) is 3.15. The molecule has 0 aromatic carbocycles. The summed E-state index contributed by atoms with van der Waals surface area (Å²) < 4.78 is 7.47. The Balaban J connectivity index is 1.74. The SMILES string of the molecule is CCCn1ccc(C(=O)N2CCO[C@@H](c3cc(=O)[nH]c(C)n3)C2)n1. The second kappa shape index (κ2) is 6.96. The zero-order valence-electron chi connectivity index (χ0n) is 13.9. The summed E-state index contributed by atoms with van der Waals surface area (Å²) in [6.45, 7) is 5.82. The molecule has 1 N–H and O–H groups in total. The number of carbonyl (C=O) groups is 1. The molecule has 1 amide bonds. The van der Waals surface area contributed by atoms with E-state index in [1.807, 2.05) is 6.20 Å². The van der Waals surface area contributed by atoms with Gasteiger partial charge in [-0.2, -0.15) is 5.10 Å². The molecule has 1 fully saturated rings. The van der Waals surface area contributed by atoms with Gasteiger partial charge >= 0.3 is 0 Å². The molecule has 1 atom stereocenters. The first-order valence-corrected chi connectivity index (χ1v) is 8.09. The Labute approximate surface area is 139 Å². The van der Waals surface area contributed by atoms with Gasteiger partial charge in [-0.05, 0) is 19.4 Å². The van der Waals surface area contributed by atoms with Gasteiger partial charge in [0.2, 0.25) is 0 Å². The van der Waals surface area contributed by atoms with Gasteiger partial charge in [0.1, 0.15) is 17.6 Å². The number of hydrogen-bond donors (Lipinski definition) is 1. The molecule has 0 saturated carbocycles. The Morgan fingerprint density at radius 2 is 2.33 bits per heavy atom. The molecule has 1 aliphatic rings. The van der Waals surface area contributed by atoms with Crippen LogP contribution in [0.15, 0.2) is 23.1 Å². The first kappa shape index (κ1) is 16.4. The average molecular weight is 331 g/mol. The Hall–Kier alpha value is -2.48. The lowest BCUT2D eigenvalue weighted by Crippen LogP contribution is -2.43. The van der Waals surface area contributed by atoms with Crippen molar-refractivity contribution in [3.8, 4) is 0 Å². The van der Waals surface area contributed by atoms with E-state index in [9.17, 15) is 9.59 Å². The van der Waals surface area contributed by atoms with Crippen molar-refractivity contribution in [3.05, 3.63) is 45.9 Å². The van der Waals surface area contributed by atoms with Crippen molar-refractivity contribution in [2.45, 2.75) is 32.9 Å². The van der Waals surface area contributed by atoms with E-state index in [1.54, 1.807) is 22.6 Å². The highest BCUT2D eigenvalue weighted by Crippen LogP contribution is 2.20. The van der Waals surface area contributed by atoms with E-state index in [2.05, 4.69) is 22.0 Å². The normalized spacial score (nSPS) is 17.9. The Kier molecular flexibility index (Phi) is 4.75. The number of nitrogens with one attached hydrogen (secondary N) is 1. The van der Waals surface area contributed by atoms with Crippen molar-refractivity contribution in [2.75, 3.05) is 19.7 Å². The topological polar surface area (TPSA) is 93.1 Å². The molecule has 3 rings (SSSR count). The molecule has 1 saturated heterocycles. The van der Waals surface area contributed by atoms with Crippen molar-refractivity contribution in [2.24, 2.45) is 0 Å². The fourth-order valence-corrected chi connectivity index (χ4v) is 2.77. The van der Waals surface area contributed by atoms with E-state index < -0.39 is 6.10 Å². The summed E-state index contributed by atoms with van der Waals surface area (Å²) in [5.41, 5.74) is 0.757.